The fourth-order valence-corrected chi connectivity index (χ4v) is 5.04. The van der Waals surface area contributed by atoms with Crippen molar-refractivity contribution in [2.75, 3.05) is 39.3 Å². The minimum Gasteiger partial charge on any atom is -0.368 e. The molecular weight excluding hydrogens is 394 g/mol. The van der Waals surface area contributed by atoms with Crippen LogP contribution in [0.3, 0.4) is 0 Å². The predicted molar refractivity (Wildman–Crippen MR) is 108 cm³/mol. The van der Waals surface area contributed by atoms with Crippen molar-refractivity contribution in [1.29, 1.82) is 0 Å². The van der Waals surface area contributed by atoms with Gasteiger partial charge in [0.2, 0.25) is 15.9 Å². The van der Waals surface area contributed by atoms with Gasteiger partial charge in [0.05, 0.1) is 4.90 Å². The van der Waals surface area contributed by atoms with Crippen molar-refractivity contribution in [2.45, 2.75) is 44.1 Å². The Morgan fingerprint density at radius 2 is 1.83 bits per heavy atom. The van der Waals surface area contributed by atoms with Crippen molar-refractivity contribution >= 4 is 21.8 Å². The molecule has 0 aromatic heterocycles. The summed E-state index contributed by atoms with van der Waals surface area (Å²) in [6.07, 6.45) is 1.42. The van der Waals surface area contributed by atoms with E-state index in [1.807, 2.05) is 13.0 Å². The molecule has 9 heteroatoms. The molecular formula is C20H29N3O5S. The molecule has 3 rings (SSSR count). The van der Waals surface area contributed by atoms with E-state index in [0.29, 0.717) is 38.3 Å². The lowest BCUT2D eigenvalue weighted by Gasteiger charge is -2.35. The number of benzene rings is 1. The summed E-state index contributed by atoms with van der Waals surface area (Å²) in [5.41, 5.74) is 1.67. The standard InChI is InChI=1S/C20H29N3O5S/c1-15-5-6-18(16(2)14-15)29(26,27)21-8-7-19(24)22-9-11-23(12-10-22)20(25)17-4-3-13-28-17/h5-6,14,17,21H,3-4,7-13H2,1-2H3. The zero-order valence-electron chi connectivity index (χ0n) is 17.0. The maximum Gasteiger partial charge on any atom is 0.251 e. The molecule has 1 N–H and O–H groups in total. The van der Waals surface area contributed by atoms with E-state index in [2.05, 4.69) is 4.72 Å². The quantitative estimate of drug-likeness (QED) is 0.731. The number of nitrogens with zero attached hydrogens (tertiary/aromatic N) is 2. The van der Waals surface area contributed by atoms with Crippen molar-refractivity contribution in [3.63, 3.8) is 0 Å². The van der Waals surface area contributed by atoms with Crippen molar-refractivity contribution in [1.82, 2.24) is 14.5 Å². The first-order chi connectivity index (χ1) is 13.8. The van der Waals surface area contributed by atoms with Crippen LogP contribution < -0.4 is 4.72 Å². The largest absolute Gasteiger partial charge is 0.368 e. The van der Waals surface area contributed by atoms with Crippen LogP contribution in [0.4, 0.5) is 0 Å². The number of carbonyl (C=O) groups is 2. The van der Waals surface area contributed by atoms with Crippen molar-refractivity contribution in [2.24, 2.45) is 0 Å². The van der Waals surface area contributed by atoms with E-state index in [-0.39, 0.29) is 35.8 Å². The molecule has 2 heterocycles. The number of aryl methyl sites for hydroxylation is 2. The van der Waals surface area contributed by atoms with Gasteiger partial charge in [0.15, 0.2) is 0 Å². The van der Waals surface area contributed by atoms with Gasteiger partial charge in [0.1, 0.15) is 6.10 Å². The van der Waals surface area contributed by atoms with E-state index in [1.165, 1.54) is 0 Å². The van der Waals surface area contributed by atoms with Gasteiger partial charge in [-0.2, -0.15) is 0 Å². The van der Waals surface area contributed by atoms with Crippen LogP contribution in [0.15, 0.2) is 23.1 Å². The summed E-state index contributed by atoms with van der Waals surface area (Å²) in [6, 6.07) is 5.15. The first-order valence-corrected chi connectivity index (χ1v) is 11.5. The fourth-order valence-electron chi connectivity index (χ4n) is 3.78. The average molecular weight is 424 g/mol. The molecule has 1 aromatic carbocycles. The lowest BCUT2D eigenvalue weighted by Crippen LogP contribution is -2.53. The Labute approximate surface area is 172 Å². The van der Waals surface area contributed by atoms with E-state index in [4.69, 9.17) is 4.74 Å². The molecule has 0 spiro atoms. The van der Waals surface area contributed by atoms with Crippen LogP contribution in [0.1, 0.15) is 30.4 Å². The van der Waals surface area contributed by atoms with Crippen LogP contribution in [0, 0.1) is 13.8 Å². The number of hydrogen-bond donors (Lipinski definition) is 1. The second kappa shape index (κ2) is 9.23. The fraction of sp³-hybridized carbons (Fsp3) is 0.600. The van der Waals surface area contributed by atoms with Crippen LogP contribution in [0.5, 0.6) is 0 Å². The van der Waals surface area contributed by atoms with Crippen LogP contribution in [-0.2, 0) is 24.3 Å². The molecule has 8 nitrogen and oxygen atoms in total. The van der Waals surface area contributed by atoms with Crippen LogP contribution in [0.25, 0.3) is 0 Å². The third-order valence-corrected chi connectivity index (χ3v) is 7.02. The van der Waals surface area contributed by atoms with Crippen molar-refractivity contribution in [3.8, 4) is 0 Å². The van der Waals surface area contributed by atoms with Gasteiger partial charge in [0, 0.05) is 45.8 Å². The van der Waals surface area contributed by atoms with Gasteiger partial charge >= 0.3 is 0 Å². The first-order valence-electron chi connectivity index (χ1n) is 10.0. The molecule has 2 amide bonds. The van der Waals surface area contributed by atoms with Gasteiger partial charge in [-0.1, -0.05) is 17.7 Å². The average Bonchev–Trinajstić information content (AvgIpc) is 3.22. The van der Waals surface area contributed by atoms with Crippen molar-refractivity contribution < 1.29 is 22.7 Å². The Morgan fingerprint density at radius 3 is 2.45 bits per heavy atom. The maximum absolute atomic E-state index is 12.5. The number of hydrogen-bond acceptors (Lipinski definition) is 5. The van der Waals surface area contributed by atoms with Crippen molar-refractivity contribution in [3.05, 3.63) is 29.3 Å². The summed E-state index contributed by atoms with van der Waals surface area (Å²) in [5.74, 6) is -0.103. The molecule has 0 aliphatic carbocycles. The molecule has 2 saturated heterocycles. The van der Waals surface area contributed by atoms with E-state index in [1.54, 1.807) is 28.9 Å². The number of ether oxygens (including phenoxy) is 1. The molecule has 0 saturated carbocycles. The van der Waals surface area contributed by atoms with E-state index >= 15 is 0 Å². The van der Waals surface area contributed by atoms with Gasteiger partial charge < -0.3 is 14.5 Å². The van der Waals surface area contributed by atoms with Gasteiger partial charge in [-0.15, -0.1) is 0 Å². The molecule has 160 valence electrons. The highest BCUT2D eigenvalue weighted by Gasteiger charge is 2.31. The molecule has 1 atom stereocenters. The highest BCUT2D eigenvalue weighted by molar-refractivity contribution is 7.89. The number of amides is 2. The normalized spacial score (nSPS) is 20.1. The Hall–Kier alpha value is -1.97. The van der Waals surface area contributed by atoms with Crippen LogP contribution in [0.2, 0.25) is 0 Å². The molecule has 2 aliphatic heterocycles. The van der Waals surface area contributed by atoms with Crippen LogP contribution >= 0.6 is 0 Å². The lowest BCUT2D eigenvalue weighted by atomic mass is 10.2. The van der Waals surface area contributed by atoms with E-state index < -0.39 is 10.0 Å². The molecule has 0 bridgehead atoms. The molecule has 2 aliphatic rings. The Bertz CT molecular complexity index is 857. The topological polar surface area (TPSA) is 96.0 Å². The summed E-state index contributed by atoms with van der Waals surface area (Å²) in [7, 11) is -3.65. The molecule has 1 aromatic rings. The number of piperazine rings is 1. The molecule has 29 heavy (non-hydrogen) atoms. The zero-order chi connectivity index (χ0) is 21.0. The lowest BCUT2D eigenvalue weighted by molar-refractivity contribution is -0.145. The molecule has 2 fully saturated rings. The Morgan fingerprint density at radius 1 is 1.14 bits per heavy atom. The van der Waals surface area contributed by atoms with Gasteiger partial charge in [-0.05, 0) is 38.3 Å². The summed E-state index contributed by atoms with van der Waals surface area (Å²) < 4.78 is 32.9. The zero-order valence-corrected chi connectivity index (χ0v) is 17.8. The SMILES string of the molecule is Cc1ccc(S(=O)(=O)NCCC(=O)N2CCN(C(=O)C3CCCO3)CC2)c(C)c1. The minimum absolute atomic E-state index is 0.0100. The molecule has 0 radical (unpaired) electrons. The predicted octanol–water partition coefficient (Wildman–Crippen LogP) is 0.822. The Kier molecular flexibility index (Phi) is 6.92. The van der Waals surface area contributed by atoms with Gasteiger partial charge in [0.25, 0.3) is 5.91 Å². The summed E-state index contributed by atoms with van der Waals surface area (Å²) in [5, 5.41) is 0. The monoisotopic (exact) mass is 423 g/mol. The third kappa shape index (κ3) is 5.34. The van der Waals surface area contributed by atoms with Gasteiger partial charge in [-0.3, -0.25) is 9.59 Å². The number of sulfonamides is 1. The summed E-state index contributed by atoms with van der Waals surface area (Å²) in [6.45, 7) is 6.23. The first kappa shape index (κ1) is 21.7. The summed E-state index contributed by atoms with van der Waals surface area (Å²) in [4.78, 5) is 28.5. The smallest absolute Gasteiger partial charge is 0.251 e. The second-order valence-electron chi connectivity index (χ2n) is 7.62. The number of rotatable bonds is 6. The van der Waals surface area contributed by atoms with E-state index in [9.17, 15) is 18.0 Å². The Balaban J connectivity index is 1.45. The number of carbonyl (C=O) groups excluding carboxylic acids is 2. The van der Waals surface area contributed by atoms with E-state index in [0.717, 1.165) is 18.4 Å². The summed E-state index contributed by atoms with van der Waals surface area (Å²) >= 11 is 0. The second-order valence-corrected chi connectivity index (χ2v) is 9.36. The van der Waals surface area contributed by atoms with Gasteiger partial charge in [-0.25, -0.2) is 13.1 Å². The van der Waals surface area contributed by atoms with Crippen LogP contribution in [-0.4, -0.2) is 75.5 Å². The molecule has 1 unspecified atom stereocenters. The third-order valence-electron chi connectivity index (χ3n) is 5.40. The minimum atomic E-state index is -3.65. The highest BCUT2D eigenvalue weighted by Crippen LogP contribution is 2.17. The highest BCUT2D eigenvalue weighted by atomic mass is 32.2. The maximum atomic E-state index is 12.5. The number of nitrogens with one attached hydrogen (secondary N) is 1.